The molecular weight excluding hydrogens is 270 g/mol. The van der Waals surface area contributed by atoms with E-state index in [0.717, 1.165) is 6.54 Å². The first-order chi connectivity index (χ1) is 9.61. The largest absolute Gasteiger partial charge is 0.295 e. The third-order valence-electron chi connectivity index (χ3n) is 3.40. The molecule has 20 heavy (non-hydrogen) atoms. The number of nitrogens with two attached hydrogens (primary N) is 1. The number of thiophene rings is 1. The van der Waals surface area contributed by atoms with Gasteiger partial charge in [0.15, 0.2) is 0 Å². The molecule has 106 valence electrons. The van der Waals surface area contributed by atoms with E-state index >= 15 is 0 Å². The number of hydrazine groups is 1. The zero-order chi connectivity index (χ0) is 14.5. The van der Waals surface area contributed by atoms with E-state index in [1.54, 1.807) is 23.5 Å². The Balaban J connectivity index is 2.01. The Hall–Kier alpha value is -1.69. The molecule has 1 atom stereocenters. The van der Waals surface area contributed by atoms with Gasteiger partial charge in [-0.05, 0) is 43.1 Å². The van der Waals surface area contributed by atoms with Crippen molar-refractivity contribution in [3.05, 3.63) is 57.8 Å². The first-order valence-corrected chi connectivity index (χ1v) is 7.33. The molecule has 0 saturated carbocycles. The number of nitrogens with one attached hydrogen (secondary N) is 1. The van der Waals surface area contributed by atoms with Gasteiger partial charge in [0.2, 0.25) is 0 Å². The lowest BCUT2D eigenvalue weighted by Gasteiger charge is -2.23. The fourth-order valence-electron chi connectivity index (χ4n) is 2.02. The van der Waals surface area contributed by atoms with Crippen molar-refractivity contribution < 1.29 is 4.79 Å². The molecule has 0 fully saturated rings. The van der Waals surface area contributed by atoms with Gasteiger partial charge in [0, 0.05) is 23.0 Å². The molecule has 5 heteroatoms. The average Bonchev–Trinajstić information content (AvgIpc) is 3.00. The van der Waals surface area contributed by atoms with Gasteiger partial charge in [0.25, 0.3) is 5.91 Å². The summed E-state index contributed by atoms with van der Waals surface area (Å²) < 4.78 is 0. The summed E-state index contributed by atoms with van der Waals surface area (Å²) in [5.74, 6) is 4.84. The van der Waals surface area contributed by atoms with Crippen molar-refractivity contribution in [3.63, 3.8) is 0 Å². The predicted octanol–water partition coefficient (Wildman–Crippen LogP) is 2.54. The average molecular weight is 289 g/mol. The second-order valence-electron chi connectivity index (χ2n) is 4.78. The van der Waals surface area contributed by atoms with Gasteiger partial charge in [-0.2, -0.15) is 0 Å². The Bertz CT molecular complexity index is 551. The molecule has 1 aromatic heterocycles. The molecule has 0 spiro atoms. The van der Waals surface area contributed by atoms with Gasteiger partial charge in [-0.15, -0.1) is 11.3 Å². The zero-order valence-corrected chi connectivity index (χ0v) is 12.5. The highest BCUT2D eigenvalue weighted by atomic mass is 32.1. The highest BCUT2D eigenvalue weighted by Crippen LogP contribution is 2.24. The van der Waals surface area contributed by atoms with Gasteiger partial charge < -0.3 is 0 Å². The van der Waals surface area contributed by atoms with Gasteiger partial charge >= 0.3 is 0 Å². The molecule has 3 N–H and O–H groups in total. The molecule has 0 aliphatic carbocycles. The minimum Gasteiger partial charge on any atom is -0.295 e. The molecule has 2 rings (SSSR count). The molecule has 1 unspecified atom stereocenters. The monoisotopic (exact) mass is 289 g/mol. The van der Waals surface area contributed by atoms with E-state index in [1.165, 1.54) is 10.4 Å². The van der Waals surface area contributed by atoms with E-state index in [9.17, 15) is 4.79 Å². The number of nitrogen functional groups attached to an aromatic ring is 1. The minimum atomic E-state index is -0.267. The second-order valence-corrected chi connectivity index (χ2v) is 5.76. The summed E-state index contributed by atoms with van der Waals surface area (Å²) in [4.78, 5) is 15.0. The van der Waals surface area contributed by atoms with Crippen LogP contribution >= 0.6 is 11.3 Å². The standard InChI is InChI=1S/C15H19N3OS/c1-11(14-4-3-9-20-14)18(2)10-12-5-7-13(8-6-12)15(19)17-16/h3-9,11H,10,16H2,1-2H3,(H,17,19). The number of nitrogens with zero attached hydrogens (tertiary/aromatic N) is 1. The van der Waals surface area contributed by atoms with Crippen LogP contribution in [0.5, 0.6) is 0 Å². The topological polar surface area (TPSA) is 58.4 Å². The zero-order valence-electron chi connectivity index (χ0n) is 11.7. The number of carbonyl (C=O) groups excluding carboxylic acids is 1. The number of hydrogen-bond donors (Lipinski definition) is 2. The van der Waals surface area contributed by atoms with E-state index in [0.29, 0.717) is 11.6 Å². The molecule has 0 radical (unpaired) electrons. The molecule has 1 aromatic carbocycles. The Morgan fingerprint density at radius 1 is 1.35 bits per heavy atom. The second kappa shape index (κ2) is 6.65. The van der Waals surface area contributed by atoms with Gasteiger partial charge in [-0.25, -0.2) is 5.84 Å². The van der Waals surface area contributed by atoms with Crippen molar-refractivity contribution in [2.75, 3.05) is 7.05 Å². The van der Waals surface area contributed by atoms with Gasteiger partial charge in [0.05, 0.1) is 0 Å². The van der Waals surface area contributed by atoms with Crippen molar-refractivity contribution in [1.82, 2.24) is 10.3 Å². The van der Waals surface area contributed by atoms with Gasteiger partial charge in [-0.3, -0.25) is 15.1 Å². The minimum absolute atomic E-state index is 0.267. The summed E-state index contributed by atoms with van der Waals surface area (Å²) in [6, 6.07) is 12.1. The van der Waals surface area contributed by atoms with Crippen molar-refractivity contribution in [2.24, 2.45) is 5.84 Å². The molecule has 2 aromatic rings. The van der Waals surface area contributed by atoms with Crippen LogP contribution in [0.4, 0.5) is 0 Å². The molecule has 1 heterocycles. The highest BCUT2D eigenvalue weighted by Gasteiger charge is 2.13. The number of carbonyl (C=O) groups is 1. The summed E-state index contributed by atoms with van der Waals surface area (Å²) in [7, 11) is 2.10. The SMILES string of the molecule is CC(c1cccs1)N(C)Cc1ccc(C(=O)NN)cc1. The molecular formula is C15H19N3OS. The number of rotatable bonds is 5. The van der Waals surface area contributed by atoms with Crippen molar-refractivity contribution in [3.8, 4) is 0 Å². The highest BCUT2D eigenvalue weighted by molar-refractivity contribution is 7.10. The summed E-state index contributed by atoms with van der Waals surface area (Å²) in [5.41, 5.74) is 3.88. The predicted molar refractivity (Wildman–Crippen MR) is 82.3 cm³/mol. The fraction of sp³-hybridized carbons (Fsp3) is 0.267. The smallest absolute Gasteiger partial charge is 0.265 e. The van der Waals surface area contributed by atoms with Crippen LogP contribution in [0, 0.1) is 0 Å². The lowest BCUT2D eigenvalue weighted by molar-refractivity contribution is 0.0953. The normalized spacial score (nSPS) is 12.4. The van der Waals surface area contributed by atoms with Crippen LogP contribution in [-0.2, 0) is 6.54 Å². The van der Waals surface area contributed by atoms with Gasteiger partial charge in [0.1, 0.15) is 0 Å². The first kappa shape index (κ1) is 14.7. The lowest BCUT2D eigenvalue weighted by Crippen LogP contribution is -2.29. The van der Waals surface area contributed by atoms with Crippen LogP contribution in [0.25, 0.3) is 0 Å². The molecule has 0 aliphatic rings. The summed E-state index contributed by atoms with van der Waals surface area (Å²) in [6.07, 6.45) is 0. The van der Waals surface area contributed by atoms with Crippen LogP contribution in [0.2, 0.25) is 0 Å². The Morgan fingerprint density at radius 2 is 2.05 bits per heavy atom. The lowest BCUT2D eigenvalue weighted by atomic mass is 10.1. The van der Waals surface area contributed by atoms with Crippen LogP contribution in [-0.4, -0.2) is 17.9 Å². The molecule has 0 bridgehead atoms. The molecule has 0 aliphatic heterocycles. The summed E-state index contributed by atoms with van der Waals surface area (Å²) >= 11 is 1.77. The maximum Gasteiger partial charge on any atom is 0.265 e. The maximum absolute atomic E-state index is 11.4. The van der Waals surface area contributed by atoms with E-state index in [-0.39, 0.29) is 5.91 Å². The third-order valence-corrected chi connectivity index (χ3v) is 4.44. The summed E-state index contributed by atoms with van der Waals surface area (Å²) in [6.45, 7) is 3.03. The first-order valence-electron chi connectivity index (χ1n) is 6.45. The Labute approximate surface area is 123 Å². The molecule has 4 nitrogen and oxygen atoms in total. The van der Waals surface area contributed by atoms with E-state index in [2.05, 4.69) is 41.8 Å². The summed E-state index contributed by atoms with van der Waals surface area (Å²) in [5, 5.41) is 2.10. The van der Waals surface area contributed by atoms with Gasteiger partial charge in [-0.1, -0.05) is 18.2 Å². The quantitative estimate of drug-likeness (QED) is 0.505. The fourth-order valence-corrected chi connectivity index (χ4v) is 2.86. The van der Waals surface area contributed by atoms with Crippen molar-refractivity contribution in [2.45, 2.75) is 19.5 Å². The Kier molecular flexibility index (Phi) is 4.89. The number of benzene rings is 1. The number of hydrogen-bond acceptors (Lipinski definition) is 4. The van der Waals surface area contributed by atoms with Crippen LogP contribution in [0.15, 0.2) is 41.8 Å². The van der Waals surface area contributed by atoms with Crippen molar-refractivity contribution >= 4 is 17.2 Å². The van der Waals surface area contributed by atoms with E-state index in [4.69, 9.17) is 5.84 Å². The van der Waals surface area contributed by atoms with E-state index < -0.39 is 0 Å². The molecule has 1 amide bonds. The third kappa shape index (κ3) is 3.45. The molecule has 0 saturated heterocycles. The van der Waals surface area contributed by atoms with Crippen LogP contribution < -0.4 is 11.3 Å². The van der Waals surface area contributed by atoms with Crippen LogP contribution in [0.3, 0.4) is 0 Å². The maximum atomic E-state index is 11.4. The van der Waals surface area contributed by atoms with Crippen LogP contribution in [0.1, 0.15) is 33.8 Å². The van der Waals surface area contributed by atoms with Crippen molar-refractivity contribution in [1.29, 1.82) is 0 Å². The van der Waals surface area contributed by atoms with E-state index in [1.807, 2.05) is 12.1 Å². The Morgan fingerprint density at radius 3 is 2.60 bits per heavy atom. The number of amides is 1.